The van der Waals surface area contributed by atoms with E-state index in [0.717, 1.165) is 5.69 Å². The van der Waals surface area contributed by atoms with Crippen molar-refractivity contribution in [3.05, 3.63) is 30.1 Å². The Bertz CT molecular complexity index is 160. The number of nitrogens with zero attached hydrogens (tertiary/aromatic N) is 1. The zero-order valence-corrected chi connectivity index (χ0v) is 7.46. The Morgan fingerprint density at radius 1 is 1.56 bits per heavy atom. The Morgan fingerprint density at radius 3 is 2.67 bits per heavy atom. The summed E-state index contributed by atoms with van der Waals surface area (Å²) in [6.45, 7) is 0.529. The van der Waals surface area contributed by atoms with Crippen molar-refractivity contribution in [2.75, 3.05) is 0 Å². The van der Waals surface area contributed by atoms with E-state index in [1.165, 1.54) is 0 Å². The fourth-order valence-corrected chi connectivity index (χ4v) is 0.519. The molecule has 0 aliphatic rings. The van der Waals surface area contributed by atoms with Crippen LogP contribution in [0.1, 0.15) is 8.55 Å². The molecular weight excluding hydrogens is 140 g/mol. The predicted molar refractivity (Wildman–Crippen MR) is 40.1 cm³/mol. The SMILES string of the molecule is NCc1ccccn1.[Ca+2].[H-].[H-]. The number of aromatic nitrogens is 1. The molecule has 3 heteroatoms. The summed E-state index contributed by atoms with van der Waals surface area (Å²) in [6, 6.07) is 5.70. The topological polar surface area (TPSA) is 38.9 Å². The van der Waals surface area contributed by atoms with Gasteiger partial charge in [0.2, 0.25) is 0 Å². The minimum atomic E-state index is 0. The van der Waals surface area contributed by atoms with Crippen LogP contribution in [0.5, 0.6) is 0 Å². The van der Waals surface area contributed by atoms with Crippen molar-refractivity contribution in [2.45, 2.75) is 6.54 Å². The zero-order valence-electron chi connectivity index (χ0n) is 7.25. The van der Waals surface area contributed by atoms with Gasteiger partial charge in [-0.05, 0) is 12.1 Å². The molecule has 1 aromatic rings. The van der Waals surface area contributed by atoms with Crippen molar-refractivity contribution in [3.63, 3.8) is 0 Å². The predicted octanol–water partition coefficient (Wildman–Crippen LogP) is 0.385. The maximum atomic E-state index is 5.29. The molecule has 0 saturated carbocycles. The molecule has 1 aromatic heterocycles. The van der Waals surface area contributed by atoms with Gasteiger partial charge in [0.05, 0.1) is 5.69 Å². The van der Waals surface area contributed by atoms with Gasteiger partial charge in [0.1, 0.15) is 0 Å². The van der Waals surface area contributed by atoms with Crippen LogP contribution >= 0.6 is 0 Å². The first-order chi connectivity index (χ1) is 3.93. The van der Waals surface area contributed by atoms with Crippen LogP contribution in [0.2, 0.25) is 0 Å². The van der Waals surface area contributed by atoms with Crippen molar-refractivity contribution in [2.24, 2.45) is 5.73 Å². The molecule has 0 aromatic carbocycles. The average molecular weight is 150 g/mol. The van der Waals surface area contributed by atoms with Gasteiger partial charge >= 0.3 is 37.7 Å². The van der Waals surface area contributed by atoms with Gasteiger partial charge in [-0.15, -0.1) is 0 Å². The van der Waals surface area contributed by atoms with Crippen molar-refractivity contribution < 1.29 is 2.85 Å². The van der Waals surface area contributed by atoms with Gasteiger partial charge in [-0.2, -0.15) is 0 Å². The van der Waals surface area contributed by atoms with Crippen molar-refractivity contribution >= 4 is 37.7 Å². The van der Waals surface area contributed by atoms with Gasteiger partial charge < -0.3 is 8.59 Å². The molecule has 0 bridgehead atoms. The van der Waals surface area contributed by atoms with E-state index in [0.29, 0.717) is 6.54 Å². The van der Waals surface area contributed by atoms with Crippen LogP contribution in [0.3, 0.4) is 0 Å². The molecule has 2 nitrogen and oxygen atoms in total. The first kappa shape index (κ1) is 9.37. The van der Waals surface area contributed by atoms with Crippen LogP contribution in [0.4, 0.5) is 0 Å². The molecule has 1 heterocycles. The van der Waals surface area contributed by atoms with E-state index >= 15 is 0 Å². The minimum absolute atomic E-state index is 0. The van der Waals surface area contributed by atoms with Gasteiger partial charge in [-0.1, -0.05) is 6.07 Å². The average Bonchev–Trinajstić information content (AvgIpc) is 1.90. The van der Waals surface area contributed by atoms with E-state index < -0.39 is 0 Å². The molecule has 0 aliphatic carbocycles. The third-order valence-electron chi connectivity index (χ3n) is 0.935. The van der Waals surface area contributed by atoms with Crippen LogP contribution in [-0.2, 0) is 6.54 Å². The maximum absolute atomic E-state index is 5.29. The van der Waals surface area contributed by atoms with E-state index in [1.54, 1.807) is 6.20 Å². The van der Waals surface area contributed by atoms with Crippen LogP contribution in [0.25, 0.3) is 0 Å². The molecule has 0 radical (unpaired) electrons. The van der Waals surface area contributed by atoms with Crippen LogP contribution < -0.4 is 5.73 Å². The normalized spacial score (nSPS) is 8.11. The number of nitrogens with two attached hydrogens (primary N) is 1. The molecular formula is C6H10CaN2. The summed E-state index contributed by atoms with van der Waals surface area (Å²) in [4.78, 5) is 3.97. The molecule has 2 N–H and O–H groups in total. The first-order valence-electron chi connectivity index (χ1n) is 2.53. The van der Waals surface area contributed by atoms with E-state index in [2.05, 4.69) is 4.98 Å². The molecule has 0 saturated heterocycles. The van der Waals surface area contributed by atoms with Gasteiger partial charge in [0.15, 0.2) is 0 Å². The van der Waals surface area contributed by atoms with Gasteiger partial charge in [0, 0.05) is 12.7 Å². The van der Waals surface area contributed by atoms with E-state index in [1.807, 2.05) is 18.2 Å². The van der Waals surface area contributed by atoms with Crippen LogP contribution in [0, 0.1) is 0 Å². The quantitative estimate of drug-likeness (QED) is 0.588. The summed E-state index contributed by atoms with van der Waals surface area (Å²) in [6.07, 6.45) is 1.74. The monoisotopic (exact) mass is 150 g/mol. The van der Waals surface area contributed by atoms with Gasteiger partial charge in [-0.25, -0.2) is 0 Å². The Labute approximate surface area is 87.4 Å². The molecule has 0 atom stereocenters. The zero-order chi connectivity index (χ0) is 5.82. The third-order valence-corrected chi connectivity index (χ3v) is 0.935. The largest absolute Gasteiger partial charge is 2.00 e. The summed E-state index contributed by atoms with van der Waals surface area (Å²) >= 11 is 0. The van der Waals surface area contributed by atoms with E-state index in [-0.39, 0.29) is 40.6 Å². The Balaban J connectivity index is -0.000000213. The third kappa shape index (κ3) is 3.16. The summed E-state index contributed by atoms with van der Waals surface area (Å²) in [5.41, 5.74) is 6.22. The van der Waals surface area contributed by atoms with Gasteiger partial charge in [0.25, 0.3) is 0 Å². The molecule has 0 unspecified atom stereocenters. The van der Waals surface area contributed by atoms with Gasteiger partial charge in [-0.3, -0.25) is 4.98 Å². The second-order valence-corrected chi connectivity index (χ2v) is 1.53. The number of hydrogen-bond donors (Lipinski definition) is 1. The Hall–Kier alpha value is 0.370. The molecule has 0 amide bonds. The summed E-state index contributed by atoms with van der Waals surface area (Å²) < 4.78 is 0. The fourth-order valence-electron chi connectivity index (χ4n) is 0.519. The maximum Gasteiger partial charge on any atom is 2.00 e. The van der Waals surface area contributed by atoms with E-state index in [4.69, 9.17) is 5.73 Å². The van der Waals surface area contributed by atoms with Crippen LogP contribution in [0.15, 0.2) is 24.4 Å². The first-order valence-corrected chi connectivity index (χ1v) is 2.53. The van der Waals surface area contributed by atoms with E-state index in [9.17, 15) is 0 Å². The second-order valence-electron chi connectivity index (χ2n) is 1.53. The van der Waals surface area contributed by atoms with Crippen molar-refractivity contribution in [1.29, 1.82) is 0 Å². The summed E-state index contributed by atoms with van der Waals surface area (Å²) in [7, 11) is 0. The molecule has 46 valence electrons. The van der Waals surface area contributed by atoms with Crippen molar-refractivity contribution in [3.8, 4) is 0 Å². The molecule has 1 rings (SSSR count). The molecule has 0 aliphatic heterocycles. The molecule has 9 heavy (non-hydrogen) atoms. The minimum Gasteiger partial charge on any atom is -1.00 e. The Morgan fingerprint density at radius 2 is 2.33 bits per heavy atom. The Kier molecular flexibility index (Phi) is 5.39. The number of hydrogen-bond acceptors (Lipinski definition) is 2. The van der Waals surface area contributed by atoms with Crippen molar-refractivity contribution in [1.82, 2.24) is 4.98 Å². The fraction of sp³-hybridized carbons (Fsp3) is 0.167. The summed E-state index contributed by atoms with van der Waals surface area (Å²) in [5.74, 6) is 0. The summed E-state index contributed by atoms with van der Waals surface area (Å²) in [5, 5.41) is 0. The standard InChI is InChI=1S/C6H8N2.Ca.2H/c7-5-6-3-1-2-4-8-6;;;/h1-4H,5,7H2;;;/q;+2;2*-1. The second kappa shape index (κ2) is 5.18. The van der Waals surface area contributed by atoms with Crippen LogP contribution in [-0.4, -0.2) is 42.7 Å². The molecule has 0 spiro atoms. The number of pyridine rings is 1. The smallest absolute Gasteiger partial charge is 1.00 e. The number of rotatable bonds is 1. The molecule has 0 fully saturated rings.